The zero-order valence-electron chi connectivity index (χ0n) is 5.93. The van der Waals surface area contributed by atoms with Gasteiger partial charge in [-0.15, -0.1) is 0 Å². The van der Waals surface area contributed by atoms with Crippen LogP contribution in [0.4, 0.5) is 0 Å². The van der Waals surface area contributed by atoms with Crippen LogP contribution in [0.3, 0.4) is 0 Å². The van der Waals surface area contributed by atoms with Crippen LogP contribution in [0.2, 0.25) is 0 Å². The summed E-state index contributed by atoms with van der Waals surface area (Å²) in [7, 11) is 0. The van der Waals surface area contributed by atoms with E-state index in [2.05, 4.69) is 4.74 Å². The first-order valence-corrected chi connectivity index (χ1v) is 3.27. The van der Waals surface area contributed by atoms with Crippen molar-refractivity contribution in [3.8, 4) is 0 Å². The molecule has 0 spiro atoms. The Morgan fingerprint density at radius 2 is 1.60 bits per heavy atom. The molecule has 0 bridgehead atoms. The van der Waals surface area contributed by atoms with Crippen molar-refractivity contribution in [3.63, 3.8) is 0 Å². The van der Waals surface area contributed by atoms with Crippen molar-refractivity contribution in [2.45, 2.75) is 20.3 Å². The number of carbonyl (C=O) groups excluding carboxylic acids is 2. The number of carbonyl (C=O) groups is 2. The maximum absolute atomic E-state index is 10.9. The molecule has 0 unspecified atom stereocenters. The second-order valence-electron chi connectivity index (χ2n) is 3.52. The lowest BCUT2D eigenvalue weighted by Gasteiger charge is -1.95. The average Bonchev–Trinajstić information content (AvgIpc) is 2.33. The van der Waals surface area contributed by atoms with Gasteiger partial charge in [-0.3, -0.25) is 9.59 Å². The van der Waals surface area contributed by atoms with Gasteiger partial charge < -0.3 is 4.74 Å². The Morgan fingerprint density at radius 3 is 1.70 bits per heavy atom. The summed E-state index contributed by atoms with van der Waals surface area (Å²) in [6.07, 6.45) is 0.664. The van der Waals surface area contributed by atoms with Crippen molar-refractivity contribution in [1.29, 1.82) is 0 Å². The Balaban J connectivity index is 2.47. The van der Waals surface area contributed by atoms with Gasteiger partial charge in [0, 0.05) is 0 Å². The third-order valence-corrected chi connectivity index (χ3v) is 2.89. The largest absolute Gasteiger partial charge is 0.392 e. The van der Waals surface area contributed by atoms with E-state index in [1.165, 1.54) is 0 Å². The molecule has 10 heavy (non-hydrogen) atoms. The Bertz CT molecular complexity index is 221. The standard InChI is InChI=1S/C7H8O3/c1-6-3-7(6,2)5(9)10-4(6)8/h3H2,1-2H3/t6-,7+. The lowest BCUT2D eigenvalue weighted by molar-refractivity contribution is -0.157. The number of hydrogen-bond acceptors (Lipinski definition) is 3. The molecule has 2 fully saturated rings. The summed E-state index contributed by atoms with van der Waals surface area (Å²) in [6, 6.07) is 0. The van der Waals surface area contributed by atoms with E-state index in [4.69, 9.17) is 0 Å². The molecule has 1 saturated heterocycles. The monoisotopic (exact) mass is 140 g/mol. The molecule has 3 heteroatoms. The van der Waals surface area contributed by atoms with Gasteiger partial charge in [0.15, 0.2) is 0 Å². The van der Waals surface area contributed by atoms with E-state index < -0.39 is 10.8 Å². The van der Waals surface area contributed by atoms with Gasteiger partial charge in [0.25, 0.3) is 0 Å². The lowest BCUT2D eigenvalue weighted by Crippen LogP contribution is -2.09. The highest BCUT2D eigenvalue weighted by Gasteiger charge is 2.77. The van der Waals surface area contributed by atoms with Crippen molar-refractivity contribution in [2.24, 2.45) is 10.8 Å². The molecule has 0 N–H and O–H groups in total. The van der Waals surface area contributed by atoms with Gasteiger partial charge in [-0.2, -0.15) is 0 Å². The molecule has 2 atom stereocenters. The molecule has 1 aliphatic heterocycles. The molecule has 1 heterocycles. The maximum Gasteiger partial charge on any atom is 0.320 e. The fourth-order valence-electron chi connectivity index (χ4n) is 1.57. The minimum Gasteiger partial charge on any atom is -0.392 e. The molecule has 1 saturated carbocycles. The SMILES string of the molecule is C[C@@]12C[C@]1(C)C(=O)OC2=O. The fourth-order valence-corrected chi connectivity index (χ4v) is 1.57. The number of rotatable bonds is 0. The third kappa shape index (κ3) is 0.340. The van der Waals surface area contributed by atoms with E-state index in [9.17, 15) is 9.59 Å². The van der Waals surface area contributed by atoms with E-state index in [1.807, 2.05) is 0 Å². The summed E-state index contributed by atoms with van der Waals surface area (Å²) in [5.41, 5.74) is -0.964. The summed E-state index contributed by atoms with van der Waals surface area (Å²) in [6.45, 7) is 3.56. The first-order valence-electron chi connectivity index (χ1n) is 3.27. The summed E-state index contributed by atoms with van der Waals surface area (Å²) in [4.78, 5) is 21.8. The number of ether oxygens (including phenoxy) is 1. The molecular weight excluding hydrogens is 132 g/mol. The molecule has 0 radical (unpaired) electrons. The van der Waals surface area contributed by atoms with Crippen LogP contribution in [0.15, 0.2) is 0 Å². The number of hydrogen-bond donors (Lipinski definition) is 0. The van der Waals surface area contributed by atoms with Crippen LogP contribution in [-0.2, 0) is 14.3 Å². The Hall–Kier alpha value is -0.860. The number of fused-ring (bicyclic) bond motifs is 1. The average molecular weight is 140 g/mol. The minimum atomic E-state index is -0.482. The summed E-state index contributed by atoms with van der Waals surface area (Å²) < 4.78 is 4.45. The third-order valence-electron chi connectivity index (χ3n) is 2.89. The number of esters is 2. The van der Waals surface area contributed by atoms with Crippen molar-refractivity contribution in [2.75, 3.05) is 0 Å². The van der Waals surface area contributed by atoms with E-state index in [0.29, 0.717) is 6.42 Å². The lowest BCUT2D eigenvalue weighted by atomic mass is 10.00. The quantitative estimate of drug-likeness (QED) is 0.363. The smallest absolute Gasteiger partial charge is 0.320 e. The maximum atomic E-state index is 10.9. The first-order chi connectivity index (χ1) is 4.51. The predicted octanol–water partition coefficient (Wildman–Crippen LogP) is 0.486. The summed E-state index contributed by atoms with van der Waals surface area (Å²) >= 11 is 0. The van der Waals surface area contributed by atoms with Gasteiger partial charge in [-0.05, 0) is 20.3 Å². The zero-order chi connectivity index (χ0) is 7.57. The normalized spacial score (nSPS) is 50.6. The molecule has 0 aromatic rings. The van der Waals surface area contributed by atoms with Crippen LogP contribution < -0.4 is 0 Å². The summed E-state index contributed by atoms with van der Waals surface area (Å²) in [5, 5.41) is 0. The van der Waals surface area contributed by atoms with Crippen molar-refractivity contribution >= 4 is 11.9 Å². The molecule has 2 aliphatic rings. The van der Waals surface area contributed by atoms with Gasteiger partial charge >= 0.3 is 11.9 Å². The fraction of sp³-hybridized carbons (Fsp3) is 0.714. The van der Waals surface area contributed by atoms with Crippen LogP contribution in [0.5, 0.6) is 0 Å². The molecule has 2 rings (SSSR count). The van der Waals surface area contributed by atoms with E-state index >= 15 is 0 Å². The molecular formula is C7H8O3. The Labute approximate surface area is 58.4 Å². The van der Waals surface area contributed by atoms with E-state index in [1.54, 1.807) is 13.8 Å². The predicted molar refractivity (Wildman–Crippen MR) is 31.9 cm³/mol. The molecule has 0 aromatic heterocycles. The van der Waals surface area contributed by atoms with Crippen molar-refractivity contribution in [1.82, 2.24) is 0 Å². The Kier molecular flexibility index (Phi) is 0.667. The van der Waals surface area contributed by atoms with Crippen LogP contribution in [0.25, 0.3) is 0 Å². The van der Waals surface area contributed by atoms with E-state index in [0.717, 1.165) is 0 Å². The second-order valence-corrected chi connectivity index (χ2v) is 3.52. The molecule has 1 aliphatic carbocycles. The highest BCUT2D eigenvalue weighted by atomic mass is 16.6. The molecule has 54 valence electrons. The molecule has 0 aromatic carbocycles. The Morgan fingerprint density at radius 1 is 1.20 bits per heavy atom. The van der Waals surface area contributed by atoms with Gasteiger partial charge in [0.2, 0.25) is 0 Å². The van der Waals surface area contributed by atoms with Gasteiger partial charge in [-0.25, -0.2) is 0 Å². The van der Waals surface area contributed by atoms with Gasteiger partial charge in [-0.1, -0.05) is 0 Å². The van der Waals surface area contributed by atoms with Crippen LogP contribution >= 0.6 is 0 Å². The highest BCUT2D eigenvalue weighted by molar-refractivity contribution is 6.06. The molecule has 3 nitrogen and oxygen atoms in total. The number of cyclic esters (lactones) is 2. The first kappa shape index (κ1) is 5.89. The minimum absolute atomic E-state index is 0.347. The zero-order valence-corrected chi connectivity index (χ0v) is 5.93. The summed E-state index contributed by atoms with van der Waals surface area (Å²) in [5.74, 6) is -0.694. The highest BCUT2D eigenvalue weighted by Crippen LogP contribution is 2.68. The van der Waals surface area contributed by atoms with Crippen LogP contribution in [0, 0.1) is 10.8 Å². The van der Waals surface area contributed by atoms with Gasteiger partial charge in [0.05, 0.1) is 10.8 Å². The topological polar surface area (TPSA) is 43.4 Å². The van der Waals surface area contributed by atoms with Gasteiger partial charge in [0.1, 0.15) is 0 Å². The van der Waals surface area contributed by atoms with Crippen LogP contribution in [0.1, 0.15) is 20.3 Å². The van der Waals surface area contributed by atoms with Crippen LogP contribution in [-0.4, -0.2) is 11.9 Å². The second kappa shape index (κ2) is 1.13. The molecule has 0 amide bonds. The van der Waals surface area contributed by atoms with E-state index in [-0.39, 0.29) is 11.9 Å². The van der Waals surface area contributed by atoms with Crippen molar-refractivity contribution in [3.05, 3.63) is 0 Å². The van der Waals surface area contributed by atoms with Crippen molar-refractivity contribution < 1.29 is 14.3 Å².